The molecule has 6 heteroatoms. The molecule has 5 nitrogen and oxygen atoms in total. The zero-order valence-corrected chi connectivity index (χ0v) is 11.1. The third-order valence-corrected chi connectivity index (χ3v) is 2.98. The summed E-state index contributed by atoms with van der Waals surface area (Å²) in [6, 6.07) is -0.401. The molecule has 94 valence electrons. The maximum Gasteiger partial charge on any atom is 0.348 e. The van der Waals surface area contributed by atoms with Gasteiger partial charge in [0.2, 0.25) is 0 Å². The topological polar surface area (TPSA) is 78.4 Å². The summed E-state index contributed by atoms with van der Waals surface area (Å²) in [5, 5.41) is 16.0. The van der Waals surface area contributed by atoms with E-state index < -0.39 is 12.0 Å². The van der Waals surface area contributed by atoms with E-state index in [2.05, 4.69) is 10.6 Å². The number of carboxylic acids is 1. The molecule has 0 saturated heterocycles. The van der Waals surface area contributed by atoms with Crippen LogP contribution < -0.4 is 10.6 Å². The van der Waals surface area contributed by atoms with Crippen molar-refractivity contribution in [3.05, 3.63) is 15.8 Å². The second-order valence-corrected chi connectivity index (χ2v) is 5.64. The Labute approximate surface area is 104 Å². The Hall–Kier alpha value is -1.56. The first kappa shape index (κ1) is 13.5. The van der Waals surface area contributed by atoms with Crippen molar-refractivity contribution in [3.8, 4) is 0 Å². The Kier molecular flexibility index (Phi) is 3.77. The van der Waals surface area contributed by atoms with Crippen LogP contribution in [0.5, 0.6) is 0 Å². The number of carboxylic acid groups (broad SMARTS) is 1. The molecule has 1 rings (SSSR count). The summed E-state index contributed by atoms with van der Waals surface area (Å²) in [6.07, 6.45) is 0. The molecular weight excluding hydrogens is 240 g/mol. The van der Waals surface area contributed by atoms with Gasteiger partial charge in [0.15, 0.2) is 0 Å². The number of anilines is 1. The highest BCUT2D eigenvalue weighted by molar-refractivity contribution is 7.12. The molecule has 0 atom stereocenters. The number of nitrogens with one attached hydrogen (secondary N) is 2. The van der Waals surface area contributed by atoms with E-state index in [0.717, 1.165) is 16.9 Å². The molecule has 0 spiro atoms. The van der Waals surface area contributed by atoms with E-state index in [1.165, 1.54) is 0 Å². The van der Waals surface area contributed by atoms with Crippen molar-refractivity contribution in [1.29, 1.82) is 0 Å². The van der Waals surface area contributed by atoms with Crippen LogP contribution >= 0.6 is 11.3 Å². The molecule has 17 heavy (non-hydrogen) atoms. The zero-order chi connectivity index (χ0) is 13.2. The molecule has 1 aromatic rings. The van der Waals surface area contributed by atoms with Gasteiger partial charge in [0, 0.05) is 5.54 Å². The number of amides is 2. The Morgan fingerprint density at radius 1 is 1.35 bits per heavy atom. The predicted molar refractivity (Wildman–Crippen MR) is 67.9 cm³/mol. The van der Waals surface area contributed by atoms with E-state index in [9.17, 15) is 9.59 Å². The van der Waals surface area contributed by atoms with Crippen LogP contribution in [-0.2, 0) is 0 Å². The van der Waals surface area contributed by atoms with Crippen LogP contribution in [0, 0.1) is 6.92 Å². The van der Waals surface area contributed by atoms with E-state index in [1.807, 2.05) is 20.8 Å². The first-order valence-electron chi connectivity index (χ1n) is 5.11. The van der Waals surface area contributed by atoms with Crippen LogP contribution in [0.15, 0.2) is 5.38 Å². The smallest absolute Gasteiger partial charge is 0.348 e. The number of hydrogen-bond donors (Lipinski definition) is 3. The van der Waals surface area contributed by atoms with Crippen molar-refractivity contribution in [2.75, 3.05) is 5.32 Å². The second kappa shape index (κ2) is 4.75. The Morgan fingerprint density at radius 3 is 2.41 bits per heavy atom. The van der Waals surface area contributed by atoms with Gasteiger partial charge < -0.3 is 15.7 Å². The SMILES string of the molecule is Cc1csc(C(=O)O)c1NC(=O)NC(C)(C)C. The Balaban J connectivity index is 2.85. The normalized spacial score (nSPS) is 11.1. The van der Waals surface area contributed by atoms with Crippen LogP contribution in [0.3, 0.4) is 0 Å². The Bertz CT molecular complexity index is 446. The second-order valence-electron chi connectivity index (χ2n) is 4.76. The number of carbonyl (C=O) groups is 2. The van der Waals surface area contributed by atoms with Gasteiger partial charge in [-0.25, -0.2) is 9.59 Å². The first-order chi connectivity index (χ1) is 7.70. The molecule has 2 amide bonds. The van der Waals surface area contributed by atoms with Gasteiger partial charge in [0.25, 0.3) is 0 Å². The first-order valence-corrected chi connectivity index (χ1v) is 5.99. The van der Waals surface area contributed by atoms with Crippen LogP contribution in [0.4, 0.5) is 10.5 Å². The minimum atomic E-state index is -1.03. The minimum absolute atomic E-state index is 0.145. The highest BCUT2D eigenvalue weighted by Gasteiger charge is 2.19. The fourth-order valence-electron chi connectivity index (χ4n) is 1.24. The van der Waals surface area contributed by atoms with Gasteiger partial charge in [-0.15, -0.1) is 11.3 Å². The number of urea groups is 1. The summed E-state index contributed by atoms with van der Waals surface area (Å²) in [6.45, 7) is 7.32. The summed E-state index contributed by atoms with van der Waals surface area (Å²) >= 11 is 1.10. The molecule has 0 saturated carbocycles. The molecule has 3 N–H and O–H groups in total. The van der Waals surface area contributed by atoms with Crippen molar-refractivity contribution in [2.24, 2.45) is 0 Å². The van der Waals surface area contributed by atoms with Gasteiger partial charge in [-0.2, -0.15) is 0 Å². The van der Waals surface area contributed by atoms with Crippen LogP contribution in [-0.4, -0.2) is 22.6 Å². The number of aryl methyl sites for hydroxylation is 1. The van der Waals surface area contributed by atoms with Crippen molar-refractivity contribution >= 4 is 29.0 Å². The van der Waals surface area contributed by atoms with Crippen molar-refractivity contribution in [2.45, 2.75) is 33.2 Å². The lowest BCUT2D eigenvalue weighted by Gasteiger charge is -2.20. The summed E-state index contributed by atoms with van der Waals surface area (Å²) in [7, 11) is 0. The van der Waals surface area contributed by atoms with E-state index >= 15 is 0 Å². The van der Waals surface area contributed by atoms with E-state index in [4.69, 9.17) is 5.11 Å². The van der Waals surface area contributed by atoms with E-state index in [1.54, 1.807) is 12.3 Å². The van der Waals surface area contributed by atoms with Crippen LogP contribution in [0.2, 0.25) is 0 Å². The summed E-state index contributed by atoms with van der Waals surface area (Å²) in [5.74, 6) is -1.03. The van der Waals surface area contributed by atoms with Crippen LogP contribution in [0.1, 0.15) is 36.0 Å². The third kappa shape index (κ3) is 3.74. The number of carbonyl (C=O) groups excluding carboxylic acids is 1. The van der Waals surface area contributed by atoms with Gasteiger partial charge in [0.1, 0.15) is 4.88 Å². The summed E-state index contributed by atoms with van der Waals surface area (Å²) in [4.78, 5) is 22.7. The van der Waals surface area contributed by atoms with Gasteiger partial charge >= 0.3 is 12.0 Å². The maximum absolute atomic E-state index is 11.6. The molecule has 0 unspecified atom stereocenters. The number of hydrogen-bond acceptors (Lipinski definition) is 3. The molecule has 0 fully saturated rings. The lowest BCUT2D eigenvalue weighted by molar-refractivity contribution is 0.0703. The van der Waals surface area contributed by atoms with Gasteiger partial charge in [-0.3, -0.25) is 0 Å². The average Bonchev–Trinajstić information content (AvgIpc) is 2.44. The molecular formula is C11H16N2O3S. The van der Waals surface area contributed by atoms with Crippen molar-refractivity contribution in [1.82, 2.24) is 5.32 Å². The van der Waals surface area contributed by atoms with E-state index in [-0.39, 0.29) is 10.4 Å². The summed E-state index contributed by atoms with van der Waals surface area (Å²) < 4.78 is 0. The number of thiophene rings is 1. The highest BCUT2D eigenvalue weighted by atomic mass is 32.1. The minimum Gasteiger partial charge on any atom is -0.477 e. The van der Waals surface area contributed by atoms with Crippen molar-refractivity contribution in [3.63, 3.8) is 0 Å². The van der Waals surface area contributed by atoms with Crippen molar-refractivity contribution < 1.29 is 14.7 Å². The van der Waals surface area contributed by atoms with E-state index in [0.29, 0.717) is 5.69 Å². The predicted octanol–water partition coefficient (Wildman–Crippen LogP) is 2.67. The lowest BCUT2D eigenvalue weighted by Crippen LogP contribution is -2.43. The molecule has 0 radical (unpaired) electrons. The highest BCUT2D eigenvalue weighted by Crippen LogP contribution is 2.27. The molecule has 1 aromatic heterocycles. The zero-order valence-electron chi connectivity index (χ0n) is 10.2. The largest absolute Gasteiger partial charge is 0.477 e. The molecule has 0 aliphatic rings. The molecule has 1 heterocycles. The Morgan fingerprint density at radius 2 is 1.94 bits per heavy atom. The van der Waals surface area contributed by atoms with Crippen LogP contribution in [0.25, 0.3) is 0 Å². The quantitative estimate of drug-likeness (QED) is 0.761. The van der Waals surface area contributed by atoms with Gasteiger partial charge in [0.05, 0.1) is 5.69 Å². The molecule has 0 aliphatic carbocycles. The van der Waals surface area contributed by atoms with Gasteiger partial charge in [-0.1, -0.05) is 0 Å². The third-order valence-electron chi connectivity index (χ3n) is 1.90. The molecule has 0 aliphatic heterocycles. The molecule has 0 aromatic carbocycles. The summed E-state index contributed by atoms with van der Waals surface area (Å²) in [5.41, 5.74) is 0.748. The fraction of sp³-hybridized carbons (Fsp3) is 0.455. The average molecular weight is 256 g/mol. The monoisotopic (exact) mass is 256 g/mol. The number of rotatable bonds is 2. The standard InChI is InChI=1S/C11H16N2O3S/c1-6-5-17-8(9(14)15)7(6)12-10(16)13-11(2,3)4/h5H,1-4H3,(H,14,15)(H2,12,13,16). The molecule has 0 bridgehead atoms. The fourth-order valence-corrected chi connectivity index (χ4v) is 2.09. The van der Waals surface area contributed by atoms with Gasteiger partial charge in [-0.05, 0) is 38.6 Å². The lowest BCUT2D eigenvalue weighted by atomic mass is 10.1. The number of aromatic carboxylic acids is 1. The maximum atomic E-state index is 11.6.